The zero-order chi connectivity index (χ0) is 90.5. The molecule has 0 amide bonds. The molecule has 640 valence electrons. The molecule has 0 saturated carbocycles. The maximum atomic E-state index is 5.54. The SMILES string of the molecule is c1ccc(-c2ccc(-c3nc(-c4ccccc4)c4c(n3)-c3ccccc3C43c4ccccc4-n4c5ccccc5c5cccc3c54)cc2)cc1.c1ccc(-c2ccc(-c3ncc4c(n3)-c3ccccc3C43c4ccccc4-n4c5ccccc5c5cccc3c54)cc2)cc1.c1ccc(-c2ccc(-c3ncc4c(n3)C3(c5ccccc5-4)c4ccccc4-n4c5ccccc5c5cccc3c54)cc2)cc1. The Hall–Kier alpha value is -18.2. The molecule has 6 aliphatic rings. The van der Waals surface area contributed by atoms with Gasteiger partial charge in [-0.3, -0.25) is 0 Å². The number of para-hydroxylation sites is 9. The molecule has 9 heterocycles. The minimum absolute atomic E-state index is 0.526. The minimum atomic E-state index is -0.632. The monoisotopic (exact) mass is 1750 g/mol. The molecule has 3 aliphatic carbocycles. The Kier molecular flexibility index (Phi) is 16.8. The van der Waals surface area contributed by atoms with Crippen molar-refractivity contribution in [1.29, 1.82) is 0 Å². The molecule has 25 aromatic rings. The van der Waals surface area contributed by atoms with E-state index in [1.807, 2.05) is 18.3 Å². The summed E-state index contributed by atoms with van der Waals surface area (Å²) in [4.78, 5) is 31.9. The van der Waals surface area contributed by atoms with Gasteiger partial charge in [0.2, 0.25) is 0 Å². The third kappa shape index (κ3) is 10.7. The van der Waals surface area contributed by atoms with Crippen LogP contribution < -0.4 is 0 Å². The summed E-state index contributed by atoms with van der Waals surface area (Å²) in [6.07, 6.45) is 4.14. The first kappa shape index (κ1) is 77.4. The van der Waals surface area contributed by atoms with E-state index in [1.54, 1.807) is 0 Å². The predicted octanol–water partition coefficient (Wildman–Crippen LogP) is 30.4. The van der Waals surface area contributed by atoms with Crippen LogP contribution in [0.25, 0.3) is 195 Å². The fourth-order valence-corrected chi connectivity index (χ4v) is 24.6. The van der Waals surface area contributed by atoms with Crippen LogP contribution in [0.1, 0.15) is 66.9 Å². The molecular formula is C129H79N9. The molecule has 31 rings (SSSR count). The van der Waals surface area contributed by atoms with E-state index < -0.39 is 16.2 Å². The zero-order valence-corrected chi connectivity index (χ0v) is 74.6. The summed E-state index contributed by atoms with van der Waals surface area (Å²) < 4.78 is 7.41. The molecule has 0 saturated heterocycles. The standard InChI is InChI=1S/C47H29N3.2C41H25N3/c1-3-14-30(15-4-1)31-26-28-33(29-27-31)46-48-43(32-16-5-2-6-17-32)42-44(49-46)36-19-7-9-21-37(36)47(42)38-22-10-12-25-41(38)50-40-24-11-8-18-34(40)35-20-13-23-39(47)45(35)50;1-2-11-26(12-3-1)27-21-23-28(24-22-27)40-42-25-35-38(43-40)31-14-4-6-16-32(31)41(35)33-17-7-9-20-37(33)44-36-19-8-5-13-29(36)30-15-10-18-34(41)39(30)44;1-2-11-26(12-3-1)27-21-23-28(24-22-27)40-42-25-32-29-13-4-6-16-33(29)41(39(32)43-40)34-17-7-9-20-37(34)44-36-19-8-5-14-30(36)31-15-10-18-35(41)38(31)44/h1-29H;2*1-25H. The molecule has 3 unspecified atom stereocenters. The van der Waals surface area contributed by atoms with Gasteiger partial charge in [0.25, 0.3) is 0 Å². The van der Waals surface area contributed by atoms with Crippen LogP contribution in [-0.2, 0) is 16.2 Å². The van der Waals surface area contributed by atoms with Crippen molar-refractivity contribution in [3.63, 3.8) is 0 Å². The molecule has 0 bridgehead atoms. The first-order valence-electron chi connectivity index (χ1n) is 47.4. The minimum Gasteiger partial charge on any atom is -0.309 e. The van der Waals surface area contributed by atoms with Crippen LogP contribution in [-0.4, -0.2) is 43.6 Å². The van der Waals surface area contributed by atoms with E-state index in [-0.39, 0.29) is 0 Å². The molecule has 3 spiro atoms. The van der Waals surface area contributed by atoms with Crippen molar-refractivity contribution in [2.75, 3.05) is 0 Å². The van der Waals surface area contributed by atoms with Crippen LogP contribution in [0, 0.1) is 0 Å². The number of nitrogens with zero attached hydrogens (tertiary/aromatic N) is 9. The van der Waals surface area contributed by atoms with Gasteiger partial charge in [-0.05, 0) is 125 Å². The summed E-state index contributed by atoms with van der Waals surface area (Å²) in [5, 5.41) is 7.60. The molecule has 138 heavy (non-hydrogen) atoms. The largest absolute Gasteiger partial charge is 0.309 e. The van der Waals surface area contributed by atoms with E-state index in [1.165, 1.54) is 177 Å². The lowest BCUT2D eigenvalue weighted by Gasteiger charge is -2.40. The van der Waals surface area contributed by atoms with Crippen molar-refractivity contribution in [2.24, 2.45) is 0 Å². The molecule has 0 N–H and O–H groups in total. The van der Waals surface area contributed by atoms with Gasteiger partial charge in [-0.2, -0.15) is 0 Å². The second-order valence-corrected chi connectivity index (χ2v) is 36.8. The quantitative estimate of drug-likeness (QED) is 0.158. The van der Waals surface area contributed by atoms with Crippen molar-refractivity contribution < 1.29 is 0 Å². The Balaban J connectivity index is 0.000000100. The van der Waals surface area contributed by atoms with Crippen molar-refractivity contribution in [3.8, 4) is 130 Å². The summed E-state index contributed by atoms with van der Waals surface area (Å²) in [5.41, 5.74) is 42.8. The summed E-state index contributed by atoms with van der Waals surface area (Å²) >= 11 is 0. The lowest BCUT2D eigenvalue weighted by atomic mass is 9.64. The molecule has 0 fully saturated rings. The maximum Gasteiger partial charge on any atom is 0.160 e. The van der Waals surface area contributed by atoms with Crippen molar-refractivity contribution in [1.82, 2.24) is 43.6 Å². The van der Waals surface area contributed by atoms with Gasteiger partial charge in [0.1, 0.15) is 0 Å². The maximum absolute atomic E-state index is 5.54. The summed E-state index contributed by atoms with van der Waals surface area (Å²) in [6, 6.07) is 168. The highest BCUT2D eigenvalue weighted by molar-refractivity contribution is 6.16. The van der Waals surface area contributed by atoms with Gasteiger partial charge in [0.15, 0.2) is 17.5 Å². The van der Waals surface area contributed by atoms with Crippen LogP contribution in [0.3, 0.4) is 0 Å². The number of hydrogen-bond acceptors (Lipinski definition) is 6. The van der Waals surface area contributed by atoms with Gasteiger partial charge in [0.05, 0.1) is 89.2 Å². The van der Waals surface area contributed by atoms with Gasteiger partial charge in [-0.15, -0.1) is 0 Å². The number of aromatic nitrogens is 9. The highest BCUT2D eigenvalue weighted by atomic mass is 15.0. The molecule has 0 radical (unpaired) electrons. The van der Waals surface area contributed by atoms with E-state index in [4.69, 9.17) is 29.9 Å². The van der Waals surface area contributed by atoms with Crippen molar-refractivity contribution in [2.45, 2.75) is 16.2 Å². The average molecular weight is 1760 g/mol. The number of rotatable bonds is 7. The Morgan fingerprint density at radius 2 is 0.464 bits per heavy atom. The summed E-state index contributed by atoms with van der Waals surface area (Å²) in [7, 11) is 0. The van der Waals surface area contributed by atoms with Gasteiger partial charge >= 0.3 is 0 Å². The molecule has 19 aromatic carbocycles. The topological polar surface area (TPSA) is 92.1 Å². The van der Waals surface area contributed by atoms with Crippen LogP contribution >= 0.6 is 0 Å². The highest BCUT2D eigenvalue weighted by Crippen LogP contribution is 2.66. The third-order valence-corrected chi connectivity index (χ3v) is 30.2. The van der Waals surface area contributed by atoms with Crippen LogP contribution in [0.4, 0.5) is 0 Å². The van der Waals surface area contributed by atoms with Gasteiger partial charge < -0.3 is 13.7 Å². The summed E-state index contributed by atoms with van der Waals surface area (Å²) in [6.45, 7) is 0. The first-order valence-corrected chi connectivity index (χ1v) is 47.4. The third-order valence-electron chi connectivity index (χ3n) is 30.2. The van der Waals surface area contributed by atoms with E-state index >= 15 is 0 Å². The van der Waals surface area contributed by atoms with E-state index in [0.29, 0.717) is 0 Å². The van der Waals surface area contributed by atoms with Crippen molar-refractivity contribution in [3.05, 3.63) is 546 Å². The Bertz CT molecular complexity index is 9390. The fraction of sp³-hybridized carbons (Fsp3) is 0.0233. The van der Waals surface area contributed by atoms with Crippen LogP contribution in [0.15, 0.2) is 480 Å². The normalized spacial score (nSPS) is 15.6. The second-order valence-electron chi connectivity index (χ2n) is 36.8. The fourth-order valence-electron chi connectivity index (χ4n) is 24.6. The molecule has 3 atom stereocenters. The van der Waals surface area contributed by atoms with E-state index in [2.05, 4.69) is 475 Å². The number of hydrogen-bond donors (Lipinski definition) is 0. The Morgan fingerprint density at radius 1 is 0.167 bits per heavy atom. The Labute approximate surface area is 795 Å². The average Bonchev–Trinajstić information content (AvgIpc) is 1.51. The molecule has 9 heteroatoms. The predicted molar refractivity (Wildman–Crippen MR) is 560 cm³/mol. The number of fused-ring (bicyclic) bond motifs is 36. The Morgan fingerprint density at radius 3 is 0.935 bits per heavy atom. The lowest BCUT2D eigenvalue weighted by molar-refractivity contribution is 0.720. The molecular weight excluding hydrogens is 1680 g/mol. The van der Waals surface area contributed by atoms with Gasteiger partial charge in [0, 0.05) is 94.8 Å². The first-order chi connectivity index (χ1) is 68.5. The summed E-state index contributed by atoms with van der Waals surface area (Å²) in [5.74, 6) is 2.21. The van der Waals surface area contributed by atoms with Gasteiger partial charge in [-0.25, -0.2) is 29.9 Å². The van der Waals surface area contributed by atoms with Crippen LogP contribution in [0.5, 0.6) is 0 Å². The molecule has 6 aromatic heterocycles. The van der Waals surface area contributed by atoms with Crippen molar-refractivity contribution >= 4 is 65.4 Å². The molecule has 3 aliphatic heterocycles. The zero-order valence-electron chi connectivity index (χ0n) is 74.6. The smallest absolute Gasteiger partial charge is 0.160 e. The van der Waals surface area contributed by atoms with Crippen LogP contribution in [0.2, 0.25) is 0 Å². The van der Waals surface area contributed by atoms with E-state index in [0.717, 1.165) is 84.8 Å². The number of benzene rings is 19. The van der Waals surface area contributed by atoms with Gasteiger partial charge in [-0.1, -0.05) is 431 Å². The molecule has 9 nitrogen and oxygen atoms in total. The second kappa shape index (κ2) is 29.9. The highest BCUT2D eigenvalue weighted by Gasteiger charge is 2.57. The van der Waals surface area contributed by atoms with E-state index in [9.17, 15) is 0 Å². The lowest BCUT2D eigenvalue weighted by Crippen LogP contribution is -2.34.